The van der Waals surface area contributed by atoms with Gasteiger partial charge in [-0.05, 0) is 44.2 Å². The maximum Gasteiger partial charge on any atom is 0.223 e. The summed E-state index contributed by atoms with van der Waals surface area (Å²) in [5.41, 5.74) is 1.13. The van der Waals surface area contributed by atoms with Crippen LogP contribution in [0.3, 0.4) is 0 Å². The Morgan fingerprint density at radius 2 is 2.47 bits per heavy atom. The van der Waals surface area contributed by atoms with Gasteiger partial charge in [0.2, 0.25) is 5.91 Å². The lowest BCUT2D eigenvalue weighted by molar-refractivity contribution is -0.125. The molecule has 0 fully saturated rings. The van der Waals surface area contributed by atoms with Gasteiger partial charge in [-0.2, -0.15) is 0 Å². The Bertz CT molecular complexity index is 381. The number of furan rings is 1. The second-order valence-electron chi connectivity index (χ2n) is 4.73. The highest BCUT2D eigenvalue weighted by atomic mass is 16.3. The molecule has 1 heterocycles. The maximum absolute atomic E-state index is 12.0. The Balaban J connectivity index is 1.79. The molecule has 0 saturated carbocycles. The molecular formula is C14H19NO2. The van der Waals surface area contributed by atoms with Gasteiger partial charge in [-0.3, -0.25) is 4.79 Å². The van der Waals surface area contributed by atoms with Crippen molar-refractivity contribution in [2.75, 3.05) is 0 Å². The Morgan fingerprint density at radius 3 is 3.12 bits per heavy atom. The summed E-state index contributed by atoms with van der Waals surface area (Å²) in [6, 6.07) is 2.09. The molecule has 0 bridgehead atoms. The van der Waals surface area contributed by atoms with Crippen molar-refractivity contribution < 1.29 is 9.21 Å². The first-order valence-electron chi connectivity index (χ1n) is 6.22. The van der Waals surface area contributed by atoms with Crippen molar-refractivity contribution in [2.45, 2.75) is 38.6 Å². The molecule has 0 aromatic carbocycles. The summed E-state index contributed by atoms with van der Waals surface area (Å²) in [5.74, 6) is 0.345. The zero-order valence-corrected chi connectivity index (χ0v) is 10.2. The van der Waals surface area contributed by atoms with Crippen LogP contribution in [0.2, 0.25) is 0 Å². The van der Waals surface area contributed by atoms with Crippen LogP contribution in [0.5, 0.6) is 0 Å². The Labute approximate surface area is 102 Å². The van der Waals surface area contributed by atoms with E-state index in [1.165, 1.54) is 0 Å². The minimum atomic E-state index is 0.158. The molecule has 92 valence electrons. The fourth-order valence-electron chi connectivity index (χ4n) is 2.21. The Morgan fingerprint density at radius 1 is 1.59 bits per heavy atom. The third-order valence-corrected chi connectivity index (χ3v) is 3.15. The van der Waals surface area contributed by atoms with Gasteiger partial charge in [0.1, 0.15) is 0 Å². The van der Waals surface area contributed by atoms with Gasteiger partial charge in [-0.15, -0.1) is 0 Å². The standard InChI is InChI=1S/C14H19NO2/c1-11(9-12-7-8-17-10-12)15-14(16)13-5-3-2-4-6-13/h2-3,7-8,10-11,13H,4-6,9H2,1H3,(H,15,16). The van der Waals surface area contributed by atoms with E-state index in [4.69, 9.17) is 4.42 Å². The molecule has 17 heavy (non-hydrogen) atoms. The molecule has 1 aromatic rings. The third-order valence-electron chi connectivity index (χ3n) is 3.15. The smallest absolute Gasteiger partial charge is 0.223 e. The number of rotatable bonds is 4. The highest BCUT2D eigenvalue weighted by Gasteiger charge is 2.20. The number of hydrogen-bond donors (Lipinski definition) is 1. The normalized spacial score (nSPS) is 21.1. The van der Waals surface area contributed by atoms with E-state index in [0.29, 0.717) is 0 Å². The zero-order valence-electron chi connectivity index (χ0n) is 10.2. The molecule has 3 nitrogen and oxygen atoms in total. The minimum absolute atomic E-state index is 0.158. The number of amides is 1. The first kappa shape index (κ1) is 12.0. The summed E-state index contributed by atoms with van der Waals surface area (Å²) in [6.07, 6.45) is 11.3. The predicted molar refractivity (Wildman–Crippen MR) is 66.5 cm³/mol. The molecule has 2 unspecified atom stereocenters. The van der Waals surface area contributed by atoms with E-state index in [2.05, 4.69) is 17.5 Å². The molecule has 0 radical (unpaired) electrons. The summed E-state index contributed by atoms with van der Waals surface area (Å²) in [4.78, 5) is 12.0. The molecule has 1 N–H and O–H groups in total. The average Bonchev–Trinajstić information content (AvgIpc) is 2.82. The van der Waals surface area contributed by atoms with Crippen LogP contribution >= 0.6 is 0 Å². The van der Waals surface area contributed by atoms with Crippen molar-refractivity contribution in [1.29, 1.82) is 0 Å². The van der Waals surface area contributed by atoms with Crippen LogP contribution in [-0.4, -0.2) is 11.9 Å². The summed E-state index contributed by atoms with van der Waals surface area (Å²) in [6.45, 7) is 2.03. The molecule has 1 aliphatic rings. The minimum Gasteiger partial charge on any atom is -0.472 e. The van der Waals surface area contributed by atoms with Gasteiger partial charge in [0.05, 0.1) is 12.5 Å². The second kappa shape index (κ2) is 5.71. The van der Waals surface area contributed by atoms with Crippen LogP contribution in [0.4, 0.5) is 0 Å². The van der Waals surface area contributed by atoms with Gasteiger partial charge in [-0.25, -0.2) is 0 Å². The first-order chi connectivity index (χ1) is 8.25. The van der Waals surface area contributed by atoms with Crippen molar-refractivity contribution in [3.63, 3.8) is 0 Å². The van der Waals surface area contributed by atoms with E-state index < -0.39 is 0 Å². The molecule has 0 saturated heterocycles. The van der Waals surface area contributed by atoms with Crippen LogP contribution in [0, 0.1) is 5.92 Å². The lowest BCUT2D eigenvalue weighted by Crippen LogP contribution is -2.38. The molecular weight excluding hydrogens is 214 g/mol. The molecule has 1 aliphatic carbocycles. The lowest BCUT2D eigenvalue weighted by Gasteiger charge is -2.20. The van der Waals surface area contributed by atoms with Crippen molar-refractivity contribution in [3.8, 4) is 0 Å². The highest BCUT2D eigenvalue weighted by Crippen LogP contribution is 2.18. The topological polar surface area (TPSA) is 42.2 Å². The fourth-order valence-corrected chi connectivity index (χ4v) is 2.21. The van der Waals surface area contributed by atoms with Gasteiger partial charge in [-0.1, -0.05) is 12.2 Å². The average molecular weight is 233 g/mol. The third kappa shape index (κ3) is 3.48. The maximum atomic E-state index is 12.0. The van der Waals surface area contributed by atoms with Crippen LogP contribution < -0.4 is 5.32 Å². The van der Waals surface area contributed by atoms with Crippen LogP contribution in [-0.2, 0) is 11.2 Å². The fraction of sp³-hybridized carbons (Fsp3) is 0.500. The largest absolute Gasteiger partial charge is 0.472 e. The van der Waals surface area contributed by atoms with Crippen molar-refractivity contribution in [3.05, 3.63) is 36.3 Å². The van der Waals surface area contributed by atoms with E-state index in [-0.39, 0.29) is 17.9 Å². The summed E-state index contributed by atoms with van der Waals surface area (Å²) < 4.78 is 5.01. The van der Waals surface area contributed by atoms with E-state index in [9.17, 15) is 4.79 Å². The SMILES string of the molecule is CC(Cc1ccoc1)NC(=O)C1CC=CCC1. The quantitative estimate of drug-likeness (QED) is 0.812. The molecule has 2 rings (SSSR count). The molecule has 0 aliphatic heterocycles. The summed E-state index contributed by atoms with van der Waals surface area (Å²) in [5, 5.41) is 3.07. The van der Waals surface area contributed by atoms with Crippen LogP contribution in [0.1, 0.15) is 31.7 Å². The lowest BCUT2D eigenvalue weighted by atomic mass is 9.93. The monoisotopic (exact) mass is 233 g/mol. The van der Waals surface area contributed by atoms with Crippen molar-refractivity contribution in [1.82, 2.24) is 5.32 Å². The summed E-state index contributed by atoms with van der Waals surface area (Å²) in [7, 11) is 0. The van der Waals surface area contributed by atoms with E-state index in [1.807, 2.05) is 13.0 Å². The number of allylic oxidation sites excluding steroid dienone is 2. The van der Waals surface area contributed by atoms with Crippen LogP contribution in [0.15, 0.2) is 35.2 Å². The molecule has 1 amide bonds. The van der Waals surface area contributed by atoms with E-state index in [1.54, 1.807) is 12.5 Å². The summed E-state index contributed by atoms with van der Waals surface area (Å²) >= 11 is 0. The highest BCUT2D eigenvalue weighted by molar-refractivity contribution is 5.79. The number of carbonyl (C=O) groups is 1. The van der Waals surface area contributed by atoms with Crippen LogP contribution in [0.25, 0.3) is 0 Å². The number of hydrogen-bond acceptors (Lipinski definition) is 2. The van der Waals surface area contributed by atoms with Gasteiger partial charge in [0, 0.05) is 12.0 Å². The first-order valence-corrected chi connectivity index (χ1v) is 6.22. The van der Waals surface area contributed by atoms with Crippen molar-refractivity contribution in [2.24, 2.45) is 5.92 Å². The number of carbonyl (C=O) groups excluding carboxylic acids is 1. The Kier molecular flexibility index (Phi) is 4.02. The van der Waals surface area contributed by atoms with Gasteiger partial charge in [0.15, 0.2) is 0 Å². The van der Waals surface area contributed by atoms with Gasteiger partial charge < -0.3 is 9.73 Å². The molecule has 1 aromatic heterocycles. The Hall–Kier alpha value is -1.51. The second-order valence-corrected chi connectivity index (χ2v) is 4.73. The molecule has 0 spiro atoms. The van der Waals surface area contributed by atoms with Gasteiger partial charge >= 0.3 is 0 Å². The number of nitrogens with one attached hydrogen (secondary N) is 1. The predicted octanol–water partition coefficient (Wildman–Crippen LogP) is 2.68. The van der Waals surface area contributed by atoms with E-state index >= 15 is 0 Å². The molecule has 3 heteroatoms. The van der Waals surface area contributed by atoms with Crippen molar-refractivity contribution >= 4 is 5.91 Å². The molecule has 2 atom stereocenters. The zero-order chi connectivity index (χ0) is 12.1. The van der Waals surface area contributed by atoms with E-state index in [0.717, 1.165) is 31.2 Å². The van der Waals surface area contributed by atoms with Gasteiger partial charge in [0.25, 0.3) is 0 Å².